The highest BCUT2D eigenvalue weighted by atomic mass is 32.1. The van der Waals surface area contributed by atoms with Crippen molar-refractivity contribution in [2.24, 2.45) is 5.41 Å². The molecule has 1 aromatic rings. The highest BCUT2D eigenvalue weighted by Crippen LogP contribution is 2.31. The van der Waals surface area contributed by atoms with E-state index in [1.54, 1.807) is 0 Å². The largest absolute Gasteiger partial charge is 0.476 e. The minimum atomic E-state index is -1.04. The van der Waals surface area contributed by atoms with E-state index in [0.29, 0.717) is 11.6 Å². The predicted octanol–water partition coefficient (Wildman–Crippen LogP) is 1.80. The Morgan fingerprint density at radius 3 is 2.90 bits per heavy atom. The van der Waals surface area contributed by atoms with Crippen molar-refractivity contribution >= 4 is 23.2 Å². The van der Waals surface area contributed by atoms with Crippen LogP contribution in [0.4, 0.5) is 0 Å². The van der Waals surface area contributed by atoms with E-state index in [1.165, 1.54) is 16.7 Å². The first-order valence-electron chi connectivity index (χ1n) is 7.19. The number of piperidine rings is 1. The van der Waals surface area contributed by atoms with Gasteiger partial charge in [0.25, 0.3) is 0 Å². The molecule has 1 aliphatic rings. The fourth-order valence-corrected chi connectivity index (χ4v) is 3.42. The van der Waals surface area contributed by atoms with E-state index in [-0.39, 0.29) is 23.1 Å². The second-order valence-corrected chi connectivity index (χ2v) is 6.38. The van der Waals surface area contributed by atoms with Gasteiger partial charge in [-0.3, -0.25) is 4.79 Å². The molecule has 0 aromatic carbocycles. The summed E-state index contributed by atoms with van der Waals surface area (Å²) in [5.41, 5.74) is -0.333. The number of thiazole rings is 1. The van der Waals surface area contributed by atoms with E-state index in [1.807, 2.05) is 13.8 Å². The standard InChI is InChI=1S/C14H21N3O3S/c1-3-14(5-4-6-15-8-14)13(20)16-9(2)11-17-10(7-21-11)12(18)19/h7,9,15H,3-6,8H2,1-2H3,(H,16,20)(H,18,19). The van der Waals surface area contributed by atoms with Crippen molar-refractivity contribution in [3.8, 4) is 0 Å². The molecule has 0 spiro atoms. The van der Waals surface area contributed by atoms with Crippen molar-refractivity contribution in [2.45, 2.75) is 39.2 Å². The minimum absolute atomic E-state index is 0.0248. The Morgan fingerprint density at radius 2 is 2.38 bits per heavy atom. The van der Waals surface area contributed by atoms with Gasteiger partial charge >= 0.3 is 5.97 Å². The van der Waals surface area contributed by atoms with Gasteiger partial charge in [-0.1, -0.05) is 6.92 Å². The molecule has 2 unspecified atom stereocenters. The normalized spacial score (nSPS) is 23.5. The van der Waals surface area contributed by atoms with Crippen LogP contribution in [0.2, 0.25) is 0 Å². The molecular weight excluding hydrogens is 290 g/mol. The number of hydrogen-bond acceptors (Lipinski definition) is 5. The number of rotatable bonds is 5. The molecule has 2 rings (SSSR count). The quantitative estimate of drug-likeness (QED) is 0.771. The van der Waals surface area contributed by atoms with Gasteiger partial charge in [0.15, 0.2) is 5.69 Å². The number of hydrogen-bond donors (Lipinski definition) is 3. The summed E-state index contributed by atoms with van der Waals surface area (Å²) in [6, 6.07) is -0.277. The third-order valence-corrected chi connectivity index (χ3v) is 5.12. The lowest BCUT2D eigenvalue weighted by atomic mass is 9.77. The van der Waals surface area contributed by atoms with E-state index < -0.39 is 5.97 Å². The lowest BCUT2D eigenvalue weighted by Crippen LogP contribution is -2.50. The molecule has 3 N–H and O–H groups in total. The van der Waals surface area contributed by atoms with E-state index >= 15 is 0 Å². The molecule has 2 heterocycles. The molecule has 1 amide bonds. The zero-order valence-electron chi connectivity index (χ0n) is 12.3. The van der Waals surface area contributed by atoms with Crippen LogP contribution in [0.25, 0.3) is 0 Å². The van der Waals surface area contributed by atoms with Crippen LogP contribution in [0.1, 0.15) is 54.6 Å². The highest BCUT2D eigenvalue weighted by molar-refractivity contribution is 7.09. The van der Waals surface area contributed by atoms with Gasteiger partial charge in [-0.25, -0.2) is 9.78 Å². The lowest BCUT2D eigenvalue weighted by molar-refractivity contribution is -0.133. The molecule has 0 bridgehead atoms. The van der Waals surface area contributed by atoms with Crippen LogP contribution < -0.4 is 10.6 Å². The predicted molar refractivity (Wildman–Crippen MR) is 80.5 cm³/mol. The molecule has 116 valence electrons. The first-order chi connectivity index (χ1) is 9.98. The van der Waals surface area contributed by atoms with Gasteiger partial charge in [-0.15, -0.1) is 11.3 Å². The number of carboxylic acids is 1. The van der Waals surface area contributed by atoms with Gasteiger partial charge in [-0.05, 0) is 32.7 Å². The summed E-state index contributed by atoms with van der Waals surface area (Å²) in [6.07, 6.45) is 2.67. The fourth-order valence-electron chi connectivity index (χ4n) is 2.62. The molecule has 1 aliphatic heterocycles. The first-order valence-corrected chi connectivity index (χ1v) is 8.07. The summed E-state index contributed by atoms with van der Waals surface area (Å²) < 4.78 is 0. The van der Waals surface area contributed by atoms with Crippen molar-refractivity contribution in [3.05, 3.63) is 16.1 Å². The van der Waals surface area contributed by atoms with Gasteiger partial charge in [0.2, 0.25) is 5.91 Å². The van der Waals surface area contributed by atoms with E-state index in [0.717, 1.165) is 25.8 Å². The Bertz CT molecular complexity index is 523. The molecule has 0 aliphatic carbocycles. The van der Waals surface area contributed by atoms with Gasteiger partial charge in [0.05, 0.1) is 11.5 Å². The zero-order valence-corrected chi connectivity index (χ0v) is 13.1. The molecular formula is C14H21N3O3S. The number of carboxylic acid groups (broad SMARTS) is 1. The van der Waals surface area contributed by atoms with E-state index in [4.69, 9.17) is 5.11 Å². The van der Waals surface area contributed by atoms with Crippen LogP contribution in [0.15, 0.2) is 5.38 Å². The van der Waals surface area contributed by atoms with Crippen molar-refractivity contribution < 1.29 is 14.7 Å². The van der Waals surface area contributed by atoms with E-state index in [2.05, 4.69) is 15.6 Å². The second-order valence-electron chi connectivity index (χ2n) is 5.49. The number of carbonyl (C=O) groups excluding carboxylic acids is 1. The van der Waals surface area contributed by atoms with Gasteiger partial charge in [0, 0.05) is 11.9 Å². The Morgan fingerprint density at radius 1 is 1.62 bits per heavy atom. The van der Waals surface area contributed by atoms with Crippen molar-refractivity contribution in [1.82, 2.24) is 15.6 Å². The molecule has 2 atom stereocenters. The van der Waals surface area contributed by atoms with Crippen LogP contribution in [0, 0.1) is 5.41 Å². The van der Waals surface area contributed by atoms with Crippen LogP contribution in [0.5, 0.6) is 0 Å². The number of aromatic nitrogens is 1. The van der Waals surface area contributed by atoms with Crippen molar-refractivity contribution in [2.75, 3.05) is 13.1 Å². The number of amides is 1. The maximum absolute atomic E-state index is 12.6. The van der Waals surface area contributed by atoms with Crippen LogP contribution in [0.3, 0.4) is 0 Å². The Balaban J connectivity index is 2.05. The molecule has 0 saturated carbocycles. The van der Waals surface area contributed by atoms with Gasteiger partial charge in [-0.2, -0.15) is 0 Å². The molecule has 0 radical (unpaired) electrons. The molecule has 1 saturated heterocycles. The molecule has 21 heavy (non-hydrogen) atoms. The average Bonchev–Trinajstić information content (AvgIpc) is 2.98. The number of nitrogens with zero attached hydrogens (tertiary/aromatic N) is 1. The summed E-state index contributed by atoms with van der Waals surface area (Å²) in [4.78, 5) is 27.5. The van der Waals surface area contributed by atoms with Crippen molar-refractivity contribution in [3.63, 3.8) is 0 Å². The molecule has 7 heteroatoms. The maximum atomic E-state index is 12.6. The number of nitrogens with one attached hydrogen (secondary N) is 2. The van der Waals surface area contributed by atoms with Crippen LogP contribution >= 0.6 is 11.3 Å². The van der Waals surface area contributed by atoms with Crippen LogP contribution in [-0.4, -0.2) is 35.1 Å². The summed E-state index contributed by atoms with van der Waals surface area (Å²) in [7, 11) is 0. The Kier molecular flexibility index (Phi) is 4.95. The summed E-state index contributed by atoms with van der Waals surface area (Å²) >= 11 is 1.26. The lowest BCUT2D eigenvalue weighted by Gasteiger charge is -2.36. The third-order valence-electron chi connectivity index (χ3n) is 4.09. The molecule has 1 aromatic heterocycles. The third kappa shape index (κ3) is 3.41. The topological polar surface area (TPSA) is 91.3 Å². The smallest absolute Gasteiger partial charge is 0.355 e. The van der Waals surface area contributed by atoms with Crippen LogP contribution in [-0.2, 0) is 4.79 Å². The number of aromatic carboxylic acids is 1. The number of carbonyl (C=O) groups is 2. The Hall–Kier alpha value is -1.47. The van der Waals surface area contributed by atoms with E-state index in [9.17, 15) is 9.59 Å². The molecule has 6 nitrogen and oxygen atoms in total. The fraction of sp³-hybridized carbons (Fsp3) is 0.643. The summed E-state index contributed by atoms with van der Waals surface area (Å²) in [5.74, 6) is -1.02. The summed E-state index contributed by atoms with van der Waals surface area (Å²) in [6.45, 7) is 5.52. The maximum Gasteiger partial charge on any atom is 0.355 e. The monoisotopic (exact) mass is 311 g/mol. The SMILES string of the molecule is CCC1(C(=O)NC(C)c2nc(C(=O)O)cs2)CCCNC1. The summed E-state index contributed by atoms with van der Waals surface area (Å²) in [5, 5.41) is 17.3. The average molecular weight is 311 g/mol. The minimum Gasteiger partial charge on any atom is -0.476 e. The van der Waals surface area contributed by atoms with Crippen molar-refractivity contribution in [1.29, 1.82) is 0 Å². The van der Waals surface area contributed by atoms with Gasteiger partial charge in [0.1, 0.15) is 5.01 Å². The van der Waals surface area contributed by atoms with Gasteiger partial charge < -0.3 is 15.7 Å². The first kappa shape index (κ1) is 15.9. The highest BCUT2D eigenvalue weighted by Gasteiger charge is 2.38. The zero-order chi connectivity index (χ0) is 15.5. The molecule has 1 fully saturated rings. The second kappa shape index (κ2) is 6.53. The Labute approximate surface area is 128 Å².